The Morgan fingerprint density at radius 1 is 0.935 bits per heavy atom. The van der Waals surface area contributed by atoms with Crippen LogP contribution in [-0.4, -0.2) is 25.5 Å². The summed E-state index contributed by atoms with van der Waals surface area (Å²) >= 11 is 0. The van der Waals surface area contributed by atoms with E-state index in [1.54, 1.807) is 61.7 Å². The first kappa shape index (κ1) is 20.2. The summed E-state index contributed by atoms with van der Waals surface area (Å²) in [6, 6.07) is 19.7. The zero-order chi connectivity index (χ0) is 21.6. The summed E-state index contributed by atoms with van der Waals surface area (Å²) in [6.07, 6.45) is 4.15. The predicted octanol–water partition coefficient (Wildman–Crippen LogP) is 4.53. The molecule has 3 aromatic rings. The maximum absolute atomic E-state index is 12.4. The van der Waals surface area contributed by atoms with E-state index in [2.05, 4.69) is 10.6 Å². The number of benzene rings is 3. The minimum absolute atomic E-state index is 0.233. The quantitative estimate of drug-likeness (QED) is 0.581. The number of methoxy groups -OCH3 is 1. The lowest BCUT2D eigenvalue weighted by molar-refractivity contribution is -0.111. The zero-order valence-corrected chi connectivity index (χ0v) is 17.1. The van der Waals surface area contributed by atoms with Crippen LogP contribution < -0.4 is 20.1 Å². The van der Waals surface area contributed by atoms with E-state index in [1.165, 1.54) is 6.08 Å². The van der Waals surface area contributed by atoms with Crippen molar-refractivity contribution in [1.82, 2.24) is 0 Å². The third kappa shape index (κ3) is 5.11. The highest BCUT2D eigenvalue weighted by Crippen LogP contribution is 2.26. The fraction of sp³-hybridized carbons (Fsp3) is 0.120. The molecule has 0 fully saturated rings. The van der Waals surface area contributed by atoms with E-state index in [1.807, 2.05) is 18.2 Å². The van der Waals surface area contributed by atoms with Gasteiger partial charge in [-0.05, 0) is 77.9 Å². The topological polar surface area (TPSA) is 76.7 Å². The summed E-state index contributed by atoms with van der Waals surface area (Å²) in [6.45, 7) is 0.705. The normalized spacial score (nSPS) is 12.2. The Morgan fingerprint density at radius 3 is 2.39 bits per heavy atom. The van der Waals surface area contributed by atoms with Crippen molar-refractivity contribution >= 4 is 29.3 Å². The molecule has 3 aromatic carbocycles. The maximum Gasteiger partial charge on any atom is 0.255 e. The molecule has 0 bridgehead atoms. The summed E-state index contributed by atoms with van der Waals surface area (Å²) in [5, 5.41) is 5.62. The van der Waals surface area contributed by atoms with Crippen LogP contribution in [-0.2, 0) is 11.2 Å². The van der Waals surface area contributed by atoms with Crippen molar-refractivity contribution in [2.45, 2.75) is 6.42 Å². The van der Waals surface area contributed by atoms with Gasteiger partial charge in [0, 0.05) is 29.4 Å². The molecule has 0 unspecified atom stereocenters. The number of ether oxygens (including phenoxy) is 2. The fourth-order valence-electron chi connectivity index (χ4n) is 3.25. The third-order valence-corrected chi connectivity index (χ3v) is 4.90. The van der Waals surface area contributed by atoms with Gasteiger partial charge in [0.2, 0.25) is 5.91 Å². The second-order valence-corrected chi connectivity index (χ2v) is 7.05. The van der Waals surface area contributed by atoms with Crippen LogP contribution in [0.3, 0.4) is 0 Å². The summed E-state index contributed by atoms with van der Waals surface area (Å²) in [4.78, 5) is 24.6. The highest BCUT2D eigenvalue weighted by atomic mass is 16.5. The molecule has 2 amide bonds. The number of hydrogen-bond acceptors (Lipinski definition) is 4. The molecule has 6 nitrogen and oxygen atoms in total. The van der Waals surface area contributed by atoms with E-state index in [0.717, 1.165) is 29.0 Å². The summed E-state index contributed by atoms with van der Waals surface area (Å²) in [7, 11) is 1.59. The van der Waals surface area contributed by atoms with Crippen molar-refractivity contribution in [3.8, 4) is 11.5 Å². The van der Waals surface area contributed by atoms with Crippen molar-refractivity contribution in [2.24, 2.45) is 0 Å². The number of nitrogens with one attached hydrogen (secondary N) is 2. The van der Waals surface area contributed by atoms with Crippen LogP contribution in [0.2, 0.25) is 0 Å². The highest BCUT2D eigenvalue weighted by molar-refractivity contribution is 6.05. The van der Waals surface area contributed by atoms with Gasteiger partial charge in [0.15, 0.2) is 0 Å². The molecule has 6 heteroatoms. The second-order valence-electron chi connectivity index (χ2n) is 7.05. The van der Waals surface area contributed by atoms with E-state index in [-0.39, 0.29) is 11.8 Å². The maximum atomic E-state index is 12.4. The first-order valence-corrected chi connectivity index (χ1v) is 9.91. The van der Waals surface area contributed by atoms with Crippen LogP contribution in [0.1, 0.15) is 21.5 Å². The molecular formula is C25H22N2O4. The predicted molar refractivity (Wildman–Crippen MR) is 121 cm³/mol. The van der Waals surface area contributed by atoms with Crippen LogP contribution in [0.15, 0.2) is 72.8 Å². The average molecular weight is 414 g/mol. The molecule has 2 N–H and O–H groups in total. The van der Waals surface area contributed by atoms with Gasteiger partial charge >= 0.3 is 0 Å². The number of carbonyl (C=O) groups is 2. The van der Waals surface area contributed by atoms with Gasteiger partial charge < -0.3 is 20.1 Å². The number of rotatable bonds is 6. The molecule has 0 radical (unpaired) electrons. The Kier molecular flexibility index (Phi) is 5.98. The van der Waals surface area contributed by atoms with E-state index in [4.69, 9.17) is 9.47 Å². The van der Waals surface area contributed by atoms with Gasteiger partial charge in [0.05, 0.1) is 13.7 Å². The molecule has 0 saturated heterocycles. The van der Waals surface area contributed by atoms with Crippen LogP contribution >= 0.6 is 0 Å². The summed E-state index contributed by atoms with van der Waals surface area (Å²) in [5.41, 5.74) is 3.88. The first-order chi connectivity index (χ1) is 15.1. The minimum atomic E-state index is -0.243. The Bertz CT molecular complexity index is 1120. The lowest BCUT2D eigenvalue weighted by atomic mass is 10.1. The Balaban J connectivity index is 1.33. The molecule has 4 rings (SSSR count). The molecule has 1 aliphatic rings. The largest absolute Gasteiger partial charge is 0.497 e. The van der Waals surface area contributed by atoms with Gasteiger partial charge in [0.1, 0.15) is 11.5 Å². The number of fused-ring (bicyclic) bond motifs is 1. The first-order valence-electron chi connectivity index (χ1n) is 9.91. The van der Waals surface area contributed by atoms with Gasteiger partial charge in [-0.2, -0.15) is 0 Å². The van der Waals surface area contributed by atoms with Crippen LogP contribution in [0.4, 0.5) is 11.4 Å². The van der Waals surface area contributed by atoms with Gasteiger partial charge in [-0.15, -0.1) is 0 Å². The Hall–Kier alpha value is -4.06. The standard InChI is InChI=1S/C25H22N2O4/c1-30-22-10-8-21(9-11-22)27-25(29)18-4-6-20(7-5-18)26-24(28)13-3-17-2-12-23-19(16-17)14-15-31-23/h2-13,16H,14-15H2,1H3,(H,26,28)(H,27,29)/b13-3+. The average Bonchev–Trinajstić information content (AvgIpc) is 3.26. The Labute approximate surface area is 180 Å². The van der Waals surface area contributed by atoms with Crippen molar-refractivity contribution in [3.63, 3.8) is 0 Å². The Morgan fingerprint density at radius 2 is 1.65 bits per heavy atom. The number of anilines is 2. The van der Waals surface area contributed by atoms with E-state index in [9.17, 15) is 9.59 Å². The zero-order valence-electron chi connectivity index (χ0n) is 17.1. The molecule has 156 valence electrons. The third-order valence-electron chi connectivity index (χ3n) is 4.90. The molecule has 0 aromatic heterocycles. The van der Waals surface area contributed by atoms with Crippen LogP contribution in [0, 0.1) is 0 Å². The highest BCUT2D eigenvalue weighted by Gasteiger charge is 2.11. The van der Waals surface area contributed by atoms with Crippen molar-refractivity contribution in [1.29, 1.82) is 0 Å². The van der Waals surface area contributed by atoms with E-state index >= 15 is 0 Å². The molecule has 0 aliphatic carbocycles. The molecule has 1 heterocycles. The molecule has 1 aliphatic heterocycles. The van der Waals surface area contributed by atoms with Crippen molar-refractivity contribution < 1.29 is 19.1 Å². The van der Waals surface area contributed by atoms with Crippen LogP contribution in [0.5, 0.6) is 11.5 Å². The number of hydrogen-bond donors (Lipinski definition) is 2. The fourth-order valence-corrected chi connectivity index (χ4v) is 3.25. The van der Waals surface area contributed by atoms with Crippen LogP contribution in [0.25, 0.3) is 6.08 Å². The lowest BCUT2D eigenvalue weighted by Gasteiger charge is -2.07. The van der Waals surface area contributed by atoms with Crippen molar-refractivity contribution in [3.05, 3.63) is 89.5 Å². The second kappa shape index (κ2) is 9.17. The summed E-state index contributed by atoms with van der Waals surface area (Å²) < 4.78 is 10.6. The number of carbonyl (C=O) groups excluding carboxylic acids is 2. The molecule has 0 spiro atoms. The monoisotopic (exact) mass is 414 g/mol. The van der Waals surface area contributed by atoms with Gasteiger partial charge in [0.25, 0.3) is 5.91 Å². The molecular weight excluding hydrogens is 392 g/mol. The minimum Gasteiger partial charge on any atom is -0.497 e. The molecule has 0 atom stereocenters. The van der Waals surface area contributed by atoms with Gasteiger partial charge in [-0.1, -0.05) is 6.07 Å². The van der Waals surface area contributed by atoms with Crippen molar-refractivity contribution in [2.75, 3.05) is 24.4 Å². The number of amides is 2. The SMILES string of the molecule is COc1ccc(NC(=O)c2ccc(NC(=O)/C=C/c3ccc4c(c3)CCO4)cc2)cc1. The smallest absolute Gasteiger partial charge is 0.255 e. The van der Waals surface area contributed by atoms with Gasteiger partial charge in [-0.25, -0.2) is 0 Å². The lowest BCUT2D eigenvalue weighted by Crippen LogP contribution is -2.12. The molecule has 0 saturated carbocycles. The van der Waals surface area contributed by atoms with E-state index < -0.39 is 0 Å². The molecule has 31 heavy (non-hydrogen) atoms. The van der Waals surface area contributed by atoms with E-state index in [0.29, 0.717) is 23.5 Å². The van der Waals surface area contributed by atoms with Gasteiger partial charge in [-0.3, -0.25) is 9.59 Å². The summed E-state index contributed by atoms with van der Waals surface area (Å²) in [5.74, 6) is 1.16.